The number of anilines is 1. The summed E-state index contributed by atoms with van der Waals surface area (Å²) in [4.78, 5) is 21.9. The van der Waals surface area contributed by atoms with Crippen molar-refractivity contribution in [2.45, 2.75) is 25.8 Å². The van der Waals surface area contributed by atoms with Gasteiger partial charge in [0, 0.05) is 39.1 Å². The second-order valence-electron chi connectivity index (χ2n) is 6.99. The Hall–Kier alpha value is -2.21. The summed E-state index contributed by atoms with van der Waals surface area (Å²) < 4.78 is 1.75. The molecule has 2 aliphatic rings. The molecule has 4 heterocycles. The number of likely N-dealkylation sites (tertiary alicyclic amines) is 1. The minimum Gasteiger partial charge on any atom is -0.309 e. The first kappa shape index (κ1) is 15.3. The van der Waals surface area contributed by atoms with Crippen molar-refractivity contribution in [3.05, 3.63) is 42.5 Å². The molecule has 2 saturated heterocycles. The van der Waals surface area contributed by atoms with Crippen LogP contribution in [0.3, 0.4) is 0 Å². The molecule has 2 aromatic rings. The van der Waals surface area contributed by atoms with Crippen LogP contribution in [0.2, 0.25) is 0 Å². The van der Waals surface area contributed by atoms with Crippen molar-refractivity contribution in [3.63, 3.8) is 0 Å². The van der Waals surface area contributed by atoms with Crippen molar-refractivity contribution in [1.29, 1.82) is 0 Å². The van der Waals surface area contributed by atoms with Gasteiger partial charge in [-0.15, -0.1) is 0 Å². The second kappa shape index (κ2) is 6.02. The molecule has 0 bridgehead atoms. The van der Waals surface area contributed by atoms with Crippen LogP contribution in [0.25, 0.3) is 0 Å². The maximum Gasteiger partial charge on any atom is 0.234 e. The molecular formula is C18H23N5O. The zero-order valence-electron chi connectivity index (χ0n) is 14.1. The fraction of sp³-hybridized carbons (Fsp3) is 0.500. The highest BCUT2D eigenvalue weighted by Gasteiger charge is 2.49. The summed E-state index contributed by atoms with van der Waals surface area (Å²) in [7, 11) is 1.88. The molecule has 0 saturated carbocycles. The van der Waals surface area contributed by atoms with Crippen LogP contribution in [0.1, 0.15) is 25.0 Å². The van der Waals surface area contributed by atoms with Gasteiger partial charge in [-0.3, -0.25) is 19.4 Å². The normalized spacial score (nSPS) is 24.9. The quantitative estimate of drug-likeness (QED) is 0.864. The predicted octanol–water partition coefficient (Wildman–Crippen LogP) is 1.83. The number of hydrogen-bond acceptors (Lipinski definition) is 4. The monoisotopic (exact) mass is 325 g/mol. The Labute approximate surface area is 142 Å². The molecule has 1 unspecified atom stereocenters. The summed E-state index contributed by atoms with van der Waals surface area (Å²) in [5.41, 5.74) is 1.76. The van der Waals surface area contributed by atoms with Gasteiger partial charge in [-0.25, -0.2) is 0 Å². The lowest BCUT2D eigenvalue weighted by molar-refractivity contribution is -0.128. The summed E-state index contributed by atoms with van der Waals surface area (Å²) in [6, 6.07) is 6.01. The molecule has 2 fully saturated rings. The average Bonchev–Trinajstić information content (AvgIpc) is 3.14. The highest BCUT2D eigenvalue weighted by molar-refractivity contribution is 6.00. The van der Waals surface area contributed by atoms with Gasteiger partial charge in [0.2, 0.25) is 5.91 Å². The Kier molecular flexibility index (Phi) is 3.84. The van der Waals surface area contributed by atoms with E-state index in [4.69, 9.17) is 0 Å². The molecule has 2 aliphatic heterocycles. The van der Waals surface area contributed by atoms with E-state index in [2.05, 4.69) is 21.0 Å². The first-order chi connectivity index (χ1) is 11.7. The van der Waals surface area contributed by atoms with Crippen LogP contribution in [0.15, 0.2) is 36.8 Å². The molecule has 6 heteroatoms. The molecule has 0 aliphatic carbocycles. The van der Waals surface area contributed by atoms with E-state index in [0.29, 0.717) is 0 Å². The number of rotatable bonds is 3. The lowest BCUT2D eigenvalue weighted by Gasteiger charge is -2.38. The molecule has 4 rings (SSSR count). The van der Waals surface area contributed by atoms with Crippen LogP contribution < -0.4 is 4.90 Å². The predicted molar refractivity (Wildman–Crippen MR) is 91.4 cm³/mol. The summed E-state index contributed by atoms with van der Waals surface area (Å²) in [5.74, 6) is 0.265. The van der Waals surface area contributed by atoms with Gasteiger partial charge in [-0.05, 0) is 37.9 Å². The van der Waals surface area contributed by atoms with Crippen LogP contribution >= 0.6 is 0 Å². The molecule has 1 atom stereocenters. The Bertz CT molecular complexity index is 728. The minimum atomic E-state index is -0.233. The molecule has 0 aromatic carbocycles. The molecule has 1 spiro atoms. The number of aryl methyl sites for hydroxylation is 1. The zero-order valence-corrected chi connectivity index (χ0v) is 14.1. The van der Waals surface area contributed by atoms with E-state index in [1.54, 1.807) is 10.9 Å². The molecular weight excluding hydrogens is 302 g/mol. The number of amides is 1. The molecule has 0 radical (unpaired) electrons. The Morgan fingerprint density at radius 3 is 2.92 bits per heavy atom. The van der Waals surface area contributed by atoms with Gasteiger partial charge in [0.1, 0.15) is 0 Å². The maximum atomic E-state index is 13.1. The second-order valence-corrected chi connectivity index (χ2v) is 6.99. The van der Waals surface area contributed by atoms with Gasteiger partial charge in [0.05, 0.1) is 23.0 Å². The van der Waals surface area contributed by atoms with E-state index in [1.165, 1.54) is 0 Å². The minimum absolute atomic E-state index is 0.233. The van der Waals surface area contributed by atoms with Crippen LogP contribution in [0.5, 0.6) is 0 Å². The highest BCUT2D eigenvalue weighted by atomic mass is 16.2. The summed E-state index contributed by atoms with van der Waals surface area (Å²) >= 11 is 0. The lowest BCUT2D eigenvalue weighted by atomic mass is 9.78. The number of carbonyl (C=O) groups excluding carboxylic acids is 1. The fourth-order valence-electron chi connectivity index (χ4n) is 4.08. The number of aromatic nitrogens is 3. The van der Waals surface area contributed by atoms with Crippen LogP contribution in [-0.4, -0.2) is 45.2 Å². The van der Waals surface area contributed by atoms with E-state index < -0.39 is 0 Å². The van der Waals surface area contributed by atoms with E-state index in [9.17, 15) is 4.79 Å². The van der Waals surface area contributed by atoms with E-state index in [-0.39, 0.29) is 11.3 Å². The number of hydrogen-bond donors (Lipinski definition) is 0. The van der Waals surface area contributed by atoms with Crippen molar-refractivity contribution in [2.24, 2.45) is 12.5 Å². The van der Waals surface area contributed by atoms with E-state index in [0.717, 1.165) is 56.8 Å². The summed E-state index contributed by atoms with van der Waals surface area (Å²) in [6.45, 7) is 3.49. The van der Waals surface area contributed by atoms with Gasteiger partial charge >= 0.3 is 0 Å². The topological polar surface area (TPSA) is 54.3 Å². The lowest BCUT2D eigenvalue weighted by Crippen LogP contribution is -2.47. The molecule has 6 nitrogen and oxygen atoms in total. The average molecular weight is 325 g/mol. The third-order valence-corrected chi connectivity index (χ3v) is 5.28. The molecule has 2 aromatic heterocycles. The van der Waals surface area contributed by atoms with Gasteiger partial charge < -0.3 is 4.90 Å². The van der Waals surface area contributed by atoms with Crippen LogP contribution in [0.4, 0.5) is 5.69 Å². The number of carbonyl (C=O) groups is 1. The van der Waals surface area contributed by atoms with Crippen molar-refractivity contribution < 1.29 is 4.79 Å². The standard InChI is InChI=1S/C18H23N5O/c1-21-13-16(11-20-21)23-10-7-18(17(23)24)6-4-9-22(14-18)12-15-5-2-3-8-19-15/h2-3,5,8,11,13H,4,6-7,9-10,12,14H2,1H3. The Balaban J connectivity index is 1.49. The Morgan fingerprint density at radius 2 is 2.17 bits per heavy atom. The number of piperidine rings is 1. The van der Waals surface area contributed by atoms with Gasteiger partial charge in [-0.2, -0.15) is 5.10 Å². The van der Waals surface area contributed by atoms with E-state index in [1.807, 2.05) is 36.5 Å². The van der Waals surface area contributed by atoms with Crippen molar-refractivity contribution in [3.8, 4) is 0 Å². The SMILES string of the molecule is Cn1cc(N2CCC3(CCCN(Cc4ccccn4)C3)C2=O)cn1. The third-order valence-electron chi connectivity index (χ3n) is 5.28. The summed E-state index contributed by atoms with van der Waals surface area (Å²) in [6.07, 6.45) is 8.52. The van der Waals surface area contributed by atoms with Crippen molar-refractivity contribution >= 4 is 11.6 Å². The zero-order chi connectivity index (χ0) is 16.6. The molecule has 24 heavy (non-hydrogen) atoms. The smallest absolute Gasteiger partial charge is 0.234 e. The molecule has 126 valence electrons. The number of nitrogens with zero attached hydrogens (tertiary/aromatic N) is 5. The third kappa shape index (κ3) is 2.71. The molecule has 1 amide bonds. The van der Waals surface area contributed by atoms with Crippen molar-refractivity contribution in [1.82, 2.24) is 19.7 Å². The van der Waals surface area contributed by atoms with Gasteiger partial charge in [0.25, 0.3) is 0 Å². The maximum absolute atomic E-state index is 13.1. The first-order valence-electron chi connectivity index (χ1n) is 8.59. The van der Waals surface area contributed by atoms with Crippen molar-refractivity contribution in [2.75, 3.05) is 24.5 Å². The number of pyridine rings is 1. The highest BCUT2D eigenvalue weighted by Crippen LogP contribution is 2.41. The van der Waals surface area contributed by atoms with Crippen LogP contribution in [-0.2, 0) is 18.4 Å². The first-order valence-corrected chi connectivity index (χ1v) is 8.59. The van der Waals surface area contributed by atoms with Gasteiger partial charge in [0.15, 0.2) is 0 Å². The van der Waals surface area contributed by atoms with E-state index >= 15 is 0 Å². The Morgan fingerprint density at radius 1 is 1.25 bits per heavy atom. The van der Waals surface area contributed by atoms with Gasteiger partial charge in [-0.1, -0.05) is 6.07 Å². The van der Waals surface area contributed by atoms with Crippen LogP contribution in [0, 0.1) is 5.41 Å². The fourth-order valence-corrected chi connectivity index (χ4v) is 4.08. The largest absolute Gasteiger partial charge is 0.309 e. The molecule has 0 N–H and O–H groups in total. The summed E-state index contributed by atoms with van der Waals surface area (Å²) in [5, 5.41) is 4.20.